The van der Waals surface area contributed by atoms with Gasteiger partial charge < -0.3 is 5.73 Å². The van der Waals surface area contributed by atoms with Gasteiger partial charge in [0.25, 0.3) is 0 Å². The minimum Gasteiger partial charge on any atom is -0.369 e. The lowest BCUT2D eigenvalue weighted by Gasteiger charge is -2.34. The van der Waals surface area contributed by atoms with Crippen molar-refractivity contribution in [3.63, 3.8) is 0 Å². The molecule has 2 N–H and O–H groups in total. The first kappa shape index (κ1) is 14.6. The van der Waals surface area contributed by atoms with Gasteiger partial charge in [-0.25, -0.2) is 30.9 Å². The Morgan fingerprint density at radius 1 is 1.25 bits per heavy atom. The predicted octanol–water partition coefficient (Wildman–Crippen LogP) is 0.909. The summed E-state index contributed by atoms with van der Waals surface area (Å²) in [7, 11) is -2.61. The third-order valence-electron chi connectivity index (χ3n) is 3.15. The number of hydrogen-bond donors (Lipinski definition) is 1. The molecule has 0 unspecified atom stereocenters. The Hall–Kier alpha value is -1.77. The Labute approximate surface area is 114 Å². The van der Waals surface area contributed by atoms with Crippen LogP contribution in [0.3, 0.4) is 0 Å². The van der Waals surface area contributed by atoms with Gasteiger partial charge in [0.05, 0.1) is 5.75 Å². The van der Waals surface area contributed by atoms with E-state index in [2.05, 4.69) is 4.99 Å². The zero-order chi connectivity index (χ0) is 15.3. The largest absolute Gasteiger partial charge is 0.369 e. The van der Waals surface area contributed by atoms with Crippen molar-refractivity contribution in [1.29, 1.82) is 0 Å². The second-order valence-corrected chi connectivity index (χ2v) is 6.71. The van der Waals surface area contributed by atoms with E-state index in [-0.39, 0.29) is 11.5 Å². The Bertz CT molecular complexity index is 705. The van der Waals surface area contributed by atoms with Gasteiger partial charge >= 0.3 is 0 Å². The summed E-state index contributed by atoms with van der Waals surface area (Å²) in [6.45, 7) is 1.29. The van der Waals surface area contributed by atoms with E-state index in [0.29, 0.717) is 12.1 Å². The summed E-state index contributed by atoms with van der Waals surface area (Å²) in [5.41, 5.74) is 3.51. The van der Waals surface area contributed by atoms with Crippen LogP contribution in [0, 0.1) is 17.5 Å². The van der Waals surface area contributed by atoms with Gasteiger partial charge in [0, 0.05) is 18.7 Å². The molecule has 0 radical (unpaired) electrons. The van der Waals surface area contributed by atoms with Gasteiger partial charge in [-0.2, -0.15) is 0 Å². The zero-order valence-electron chi connectivity index (χ0n) is 10.7. The number of guanidine groups is 1. The summed E-state index contributed by atoms with van der Waals surface area (Å²) < 4.78 is 64.6. The minimum atomic E-state index is -3.81. The number of rotatable bonds is 1. The van der Waals surface area contributed by atoms with Crippen molar-refractivity contribution >= 4 is 16.0 Å². The second kappa shape index (κ2) is 4.37. The van der Waals surface area contributed by atoms with Crippen LogP contribution in [0.5, 0.6) is 0 Å². The maximum atomic E-state index is 13.8. The first-order valence-electron chi connectivity index (χ1n) is 5.54. The number of nitrogens with zero attached hydrogens (tertiary/aromatic N) is 2. The summed E-state index contributed by atoms with van der Waals surface area (Å²) in [6, 6.07) is 0.953. The highest BCUT2D eigenvalue weighted by Crippen LogP contribution is 2.34. The van der Waals surface area contributed by atoms with E-state index in [1.54, 1.807) is 0 Å². The van der Waals surface area contributed by atoms with Crippen molar-refractivity contribution in [2.24, 2.45) is 10.7 Å². The summed E-state index contributed by atoms with van der Waals surface area (Å²) in [4.78, 5) is 3.90. The summed E-state index contributed by atoms with van der Waals surface area (Å²) in [5.74, 6) is -4.67. The molecule has 0 aromatic heterocycles. The lowest BCUT2D eigenvalue weighted by atomic mass is 9.94. The maximum Gasteiger partial charge on any atom is 0.239 e. The third-order valence-corrected chi connectivity index (χ3v) is 5.10. The molecule has 1 aromatic rings. The molecule has 20 heavy (non-hydrogen) atoms. The van der Waals surface area contributed by atoms with E-state index in [4.69, 9.17) is 5.73 Å². The van der Waals surface area contributed by atoms with Gasteiger partial charge in [-0.05, 0) is 13.0 Å². The van der Waals surface area contributed by atoms with E-state index in [9.17, 15) is 21.6 Å². The normalized spacial score (nSPS) is 25.4. The molecular formula is C11H12F3N3O2S. The fourth-order valence-corrected chi connectivity index (χ4v) is 3.47. The molecule has 1 aliphatic rings. The van der Waals surface area contributed by atoms with Crippen molar-refractivity contribution in [2.45, 2.75) is 12.5 Å². The molecule has 0 aliphatic carbocycles. The number of hydrogen-bond acceptors (Lipinski definition) is 4. The summed E-state index contributed by atoms with van der Waals surface area (Å²) in [6.07, 6.45) is 0. The van der Waals surface area contributed by atoms with Crippen molar-refractivity contribution in [1.82, 2.24) is 4.31 Å². The molecule has 5 nitrogen and oxygen atoms in total. The highest BCUT2D eigenvalue weighted by molar-refractivity contribution is 7.89. The van der Waals surface area contributed by atoms with E-state index in [1.165, 1.54) is 14.0 Å². The lowest BCUT2D eigenvalue weighted by Crippen LogP contribution is -2.50. The molecule has 0 bridgehead atoms. The van der Waals surface area contributed by atoms with E-state index in [0.717, 1.165) is 4.31 Å². The van der Waals surface area contributed by atoms with Crippen LogP contribution in [0.1, 0.15) is 12.5 Å². The van der Waals surface area contributed by atoms with Crippen molar-refractivity contribution in [2.75, 3.05) is 12.8 Å². The number of halogens is 3. The molecule has 0 amide bonds. The highest BCUT2D eigenvalue weighted by atomic mass is 32.2. The van der Waals surface area contributed by atoms with Crippen LogP contribution in [-0.2, 0) is 15.6 Å². The molecule has 1 heterocycles. The third kappa shape index (κ3) is 2.21. The molecule has 0 saturated carbocycles. The molecule has 0 saturated heterocycles. The van der Waals surface area contributed by atoms with Crippen LogP contribution in [-0.4, -0.2) is 31.5 Å². The Morgan fingerprint density at radius 3 is 2.35 bits per heavy atom. The average Bonchev–Trinajstić information content (AvgIpc) is 2.30. The Kier molecular flexibility index (Phi) is 3.20. The fourth-order valence-electron chi connectivity index (χ4n) is 2.02. The van der Waals surface area contributed by atoms with Crippen LogP contribution in [0.2, 0.25) is 0 Å². The first-order chi connectivity index (χ1) is 9.07. The fraction of sp³-hybridized carbons (Fsp3) is 0.364. The second-order valence-electron chi connectivity index (χ2n) is 4.71. The van der Waals surface area contributed by atoms with E-state index >= 15 is 0 Å². The predicted molar refractivity (Wildman–Crippen MR) is 66.8 cm³/mol. The van der Waals surface area contributed by atoms with Gasteiger partial charge in [0.15, 0.2) is 11.6 Å². The van der Waals surface area contributed by atoms with Gasteiger partial charge in [-0.1, -0.05) is 0 Å². The van der Waals surface area contributed by atoms with Crippen molar-refractivity contribution in [3.05, 3.63) is 35.1 Å². The molecule has 2 rings (SSSR count). The average molecular weight is 307 g/mol. The smallest absolute Gasteiger partial charge is 0.239 e. The maximum absolute atomic E-state index is 13.8. The molecule has 9 heteroatoms. The molecule has 0 fully saturated rings. The highest BCUT2D eigenvalue weighted by Gasteiger charge is 2.42. The van der Waals surface area contributed by atoms with E-state index in [1.807, 2.05) is 0 Å². The summed E-state index contributed by atoms with van der Waals surface area (Å²) in [5, 5.41) is 0. The van der Waals surface area contributed by atoms with Crippen LogP contribution in [0.15, 0.2) is 17.1 Å². The van der Waals surface area contributed by atoms with Crippen LogP contribution in [0.25, 0.3) is 0 Å². The van der Waals surface area contributed by atoms with Crippen LogP contribution < -0.4 is 5.73 Å². The molecular weight excluding hydrogens is 295 g/mol. The van der Waals surface area contributed by atoms with Gasteiger partial charge in [-0.3, -0.25) is 0 Å². The topological polar surface area (TPSA) is 75.8 Å². The van der Waals surface area contributed by atoms with Gasteiger partial charge in [0.2, 0.25) is 16.0 Å². The molecule has 1 atom stereocenters. The molecule has 1 aliphatic heterocycles. The monoisotopic (exact) mass is 307 g/mol. The quantitative estimate of drug-likeness (QED) is 0.784. The molecule has 1 aromatic carbocycles. The summed E-state index contributed by atoms with van der Waals surface area (Å²) >= 11 is 0. The lowest BCUT2D eigenvalue weighted by molar-refractivity contribution is 0.441. The Balaban J connectivity index is 2.66. The number of aliphatic imine (C=N–C) groups is 1. The van der Waals surface area contributed by atoms with Gasteiger partial charge in [0.1, 0.15) is 11.4 Å². The SMILES string of the molecule is CN1C(N)=N[C@](C)(c2cc(F)c(F)cc2F)CS1(=O)=O. The van der Waals surface area contributed by atoms with Crippen LogP contribution in [0.4, 0.5) is 13.2 Å². The standard InChI is InChI=1S/C11H12F3N3O2S/c1-11(5-20(18,19)17(2)10(15)16-11)6-3-8(13)9(14)4-7(6)12/h3-4H,5H2,1-2H3,(H2,15,16)/t11-/m0/s1. The number of sulfonamides is 1. The number of benzene rings is 1. The van der Waals surface area contributed by atoms with Gasteiger partial charge in [-0.15, -0.1) is 0 Å². The van der Waals surface area contributed by atoms with Crippen molar-refractivity contribution in [3.8, 4) is 0 Å². The minimum absolute atomic E-state index is 0.345. The van der Waals surface area contributed by atoms with E-state index < -0.39 is 38.8 Å². The van der Waals surface area contributed by atoms with Crippen molar-refractivity contribution < 1.29 is 21.6 Å². The Morgan fingerprint density at radius 2 is 1.80 bits per heavy atom. The zero-order valence-corrected chi connectivity index (χ0v) is 11.5. The molecule has 0 spiro atoms. The molecule has 110 valence electrons. The number of nitrogens with two attached hydrogens (primary N) is 1. The van der Waals surface area contributed by atoms with Crippen LogP contribution >= 0.6 is 0 Å². The first-order valence-corrected chi connectivity index (χ1v) is 7.15.